The molecule has 2 aromatic carbocycles. The zero-order valence-corrected chi connectivity index (χ0v) is 14.3. The molecule has 3 rings (SSSR count). The van der Waals surface area contributed by atoms with Crippen LogP contribution in [0.5, 0.6) is 0 Å². The van der Waals surface area contributed by atoms with Crippen LogP contribution in [0, 0.1) is 17.6 Å². The van der Waals surface area contributed by atoms with Crippen LogP contribution in [0.4, 0.5) is 27.6 Å². The van der Waals surface area contributed by atoms with E-state index in [0.717, 1.165) is 23.1 Å². The fourth-order valence-corrected chi connectivity index (χ4v) is 3.45. The molecular weight excluding hydrogens is 383 g/mol. The highest BCUT2D eigenvalue weighted by molar-refractivity contribution is 6.08. The van der Waals surface area contributed by atoms with Crippen LogP contribution in [0.2, 0.25) is 0 Å². The lowest BCUT2D eigenvalue weighted by Gasteiger charge is -2.37. The third-order valence-electron chi connectivity index (χ3n) is 4.77. The third-order valence-corrected chi connectivity index (χ3v) is 4.77. The molecule has 0 bridgehead atoms. The molecule has 0 aliphatic carbocycles. The van der Waals surface area contributed by atoms with E-state index in [9.17, 15) is 31.5 Å². The van der Waals surface area contributed by atoms with Crippen molar-refractivity contribution in [2.24, 2.45) is 11.7 Å². The molecule has 1 saturated heterocycles. The fourth-order valence-electron chi connectivity index (χ4n) is 3.45. The van der Waals surface area contributed by atoms with E-state index in [1.807, 2.05) is 0 Å². The van der Waals surface area contributed by atoms with Crippen molar-refractivity contribution in [3.8, 4) is 0 Å². The van der Waals surface area contributed by atoms with Gasteiger partial charge in [0.15, 0.2) is 11.6 Å². The Morgan fingerprint density at radius 3 is 2.43 bits per heavy atom. The van der Waals surface area contributed by atoms with Gasteiger partial charge in [0.2, 0.25) is 11.8 Å². The number of anilines is 1. The number of carbonyl (C=O) groups is 2. The maximum absolute atomic E-state index is 14.1. The van der Waals surface area contributed by atoms with Crippen molar-refractivity contribution in [1.29, 1.82) is 0 Å². The normalized spacial score (nSPS) is 20.3. The molecule has 2 N–H and O–H groups in total. The molecular formula is C19H15F5N2O2. The molecule has 1 heterocycles. The Morgan fingerprint density at radius 2 is 1.79 bits per heavy atom. The molecule has 148 valence electrons. The van der Waals surface area contributed by atoms with Crippen molar-refractivity contribution in [3.05, 3.63) is 65.2 Å². The monoisotopic (exact) mass is 398 g/mol. The van der Waals surface area contributed by atoms with Crippen molar-refractivity contribution >= 4 is 17.5 Å². The number of nitrogens with zero attached hydrogens (tertiary/aromatic N) is 1. The highest BCUT2D eigenvalue weighted by Gasteiger charge is 2.43. The van der Waals surface area contributed by atoms with Gasteiger partial charge >= 0.3 is 6.18 Å². The average Bonchev–Trinajstić information content (AvgIpc) is 2.63. The number of halogens is 5. The van der Waals surface area contributed by atoms with Gasteiger partial charge in [-0.15, -0.1) is 0 Å². The first-order chi connectivity index (χ1) is 13.1. The molecule has 2 unspecified atom stereocenters. The Hall–Kier alpha value is -2.97. The molecule has 28 heavy (non-hydrogen) atoms. The molecule has 2 aromatic rings. The number of benzene rings is 2. The minimum atomic E-state index is -4.59. The summed E-state index contributed by atoms with van der Waals surface area (Å²) in [4.78, 5) is 25.7. The van der Waals surface area contributed by atoms with Crippen LogP contribution in [0.25, 0.3) is 0 Å². The van der Waals surface area contributed by atoms with Gasteiger partial charge < -0.3 is 10.6 Å². The summed E-state index contributed by atoms with van der Waals surface area (Å²) in [5.41, 5.74) is 4.21. The predicted molar refractivity (Wildman–Crippen MR) is 90.2 cm³/mol. The number of hydrogen-bond acceptors (Lipinski definition) is 2. The largest absolute Gasteiger partial charge is 0.416 e. The van der Waals surface area contributed by atoms with E-state index in [1.54, 1.807) is 0 Å². The fraction of sp³-hybridized carbons (Fsp3) is 0.263. The molecule has 0 aromatic heterocycles. The minimum Gasteiger partial charge on any atom is -0.369 e. The summed E-state index contributed by atoms with van der Waals surface area (Å²) in [6.07, 6.45) is -4.54. The number of primary amides is 1. The summed E-state index contributed by atoms with van der Waals surface area (Å²) >= 11 is 0. The molecule has 9 heteroatoms. The molecule has 4 nitrogen and oxygen atoms in total. The Labute approximate surface area is 156 Å². The average molecular weight is 398 g/mol. The Kier molecular flexibility index (Phi) is 5.10. The summed E-state index contributed by atoms with van der Waals surface area (Å²) in [6.45, 7) is -0.107. The van der Waals surface area contributed by atoms with Crippen molar-refractivity contribution in [3.63, 3.8) is 0 Å². The smallest absolute Gasteiger partial charge is 0.369 e. The van der Waals surface area contributed by atoms with Gasteiger partial charge in [-0.1, -0.05) is 24.3 Å². The zero-order chi connectivity index (χ0) is 20.6. The second-order valence-electron chi connectivity index (χ2n) is 6.46. The molecule has 0 saturated carbocycles. The maximum atomic E-state index is 14.1. The topological polar surface area (TPSA) is 63.4 Å². The van der Waals surface area contributed by atoms with Gasteiger partial charge in [-0.3, -0.25) is 9.59 Å². The van der Waals surface area contributed by atoms with Gasteiger partial charge in [0.05, 0.1) is 11.3 Å². The summed E-state index contributed by atoms with van der Waals surface area (Å²) in [7, 11) is 0. The standard InChI is InChI=1S/C19H15F5N2O2/c20-13-5-2-6-14(16(13)21)26-8-7-12(15(17(25)27)18(26)28)10-3-1-4-11(9-10)19(22,23)24/h1-6,9,12,15H,7-8H2,(H2,25,27). The van der Waals surface area contributed by atoms with Gasteiger partial charge in [0.25, 0.3) is 0 Å². The first-order valence-corrected chi connectivity index (χ1v) is 8.33. The van der Waals surface area contributed by atoms with Crippen LogP contribution < -0.4 is 10.6 Å². The first-order valence-electron chi connectivity index (χ1n) is 8.33. The van der Waals surface area contributed by atoms with Crippen LogP contribution in [-0.2, 0) is 15.8 Å². The number of rotatable bonds is 3. The highest BCUT2D eigenvalue weighted by atomic mass is 19.4. The molecule has 2 amide bonds. The molecule has 1 aliphatic rings. The lowest BCUT2D eigenvalue weighted by atomic mass is 9.79. The van der Waals surface area contributed by atoms with Crippen LogP contribution in [0.3, 0.4) is 0 Å². The minimum absolute atomic E-state index is 0.0522. The molecule has 0 spiro atoms. The van der Waals surface area contributed by atoms with Gasteiger partial charge in [-0.2, -0.15) is 13.2 Å². The van der Waals surface area contributed by atoms with E-state index in [-0.39, 0.29) is 24.2 Å². The molecule has 2 atom stereocenters. The Morgan fingerprint density at radius 1 is 1.11 bits per heavy atom. The Balaban J connectivity index is 1.98. The van der Waals surface area contributed by atoms with Gasteiger partial charge in [-0.05, 0) is 30.2 Å². The van der Waals surface area contributed by atoms with Crippen molar-refractivity contribution in [2.75, 3.05) is 11.4 Å². The van der Waals surface area contributed by atoms with E-state index < -0.39 is 47.0 Å². The summed E-state index contributed by atoms with van der Waals surface area (Å²) in [6, 6.07) is 7.57. The van der Waals surface area contributed by atoms with Gasteiger partial charge in [0.1, 0.15) is 5.92 Å². The summed E-state index contributed by atoms with van der Waals surface area (Å²) in [5, 5.41) is 0. The van der Waals surface area contributed by atoms with Crippen LogP contribution in [0.1, 0.15) is 23.5 Å². The van der Waals surface area contributed by atoms with E-state index in [4.69, 9.17) is 5.73 Å². The predicted octanol–water partition coefficient (Wildman–Crippen LogP) is 3.61. The summed E-state index contributed by atoms with van der Waals surface area (Å²) < 4.78 is 66.6. The van der Waals surface area contributed by atoms with Gasteiger partial charge in [0, 0.05) is 12.5 Å². The van der Waals surface area contributed by atoms with Crippen molar-refractivity contribution in [2.45, 2.75) is 18.5 Å². The quantitative estimate of drug-likeness (QED) is 0.634. The molecule has 1 fully saturated rings. The lowest BCUT2D eigenvalue weighted by Crippen LogP contribution is -2.50. The third kappa shape index (κ3) is 3.56. The number of hydrogen-bond donors (Lipinski definition) is 1. The SMILES string of the molecule is NC(=O)C1C(=O)N(c2cccc(F)c2F)CCC1c1cccc(C(F)(F)F)c1. The van der Waals surface area contributed by atoms with E-state index in [1.165, 1.54) is 24.3 Å². The maximum Gasteiger partial charge on any atom is 0.416 e. The van der Waals surface area contributed by atoms with Gasteiger partial charge in [-0.25, -0.2) is 8.78 Å². The van der Waals surface area contributed by atoms with Crippen LogP contribution in [-0.4, -0.2) is 18.4 Å². The number of alkyl halides is 3. The zero-order valence-electron chi connectivity index (χ0n) is 14.3. The molecule has 0 radical (unpaired) electrons. The first kappa shape index (κ1) is 19.8. The van der Waals surface area contributed by atoms with Crippen molar-refractivity contribution in [1.82, 2.24) is 0 Å². The number of amides is 2. The lowest BCUT2D eigenvalue weighted by molar-refractivity contribution is -0.137. The number of carbonyl (C=O) groups excluding carboxylic acids is 2. The van der Waals surface area contributed by atoms with E-state index >= 15 is 0 Å². The second kappa shape index (κ2) is 7.21. The van der Waals surface area contributed by atoms with Crippen molar-refractivity contribution < 1.29 is 31.5 Å². The second-order valence-corrected chi connectivity index (χ2v) is 6.46. The summed E-state index contributed by atoms with van der Waals surface area (Å²) in [5.74, 6) is -6.75. The van der Waals surface area contributed by atoms with Crippen LogP contribution in [0.15, 0.2) is 42.5 Å². The highest BCUT2D eigenvalue weighted by Crippen LogP contribution is 2.39. The number of piperidine rings is 1. The van der Waals surface area contributed by atoms with E-state index in [0.29, 0.717) is 0 Å². The molecule has 1 aliphatic heterocycles. The van der Waals surface area contributed by atoms with E-state index in [2.05, 4.69) is 0 Å². The van der Waals surface area contributed by atoms with Crippen LogP contribution >= 0.6 is 0 Å². The number of nitrogens with two attached hydrogens (primary N) is 1. The Bertz CT molecular complexity index is 929.